The van der Waals surface area contributed by atoms with E-state index in [4.69, 9.17) is 0 Å². The maximum Gasteiger partial charge on any atom is 0.161 e. The molecule has 0 saturated carbocycles. The van der Waals surface area contributed by atoms with Gasteiger partial charge in [-0.3, -0.25) is 0 Å². The quantitative estimate of drug-likeness (QED) is 0.430. The first-order chi connectivity index (χ1) is 11.4. The highest BCUT2D eigenvalue weighted by Crippen LogP contribution is 2.08. The van der Waals surface area contributed by atoms with E-state index in [1.807, 2.05) is 41.5 Å². The summed E-state index contributed by atoms with van der Waals surface area (Å²) in [6, 6.07) is 7.48. The monoisotopic (exact) mass is 346 g/mol. The molecule has 0 spiro atoms. The van der Waals surface area contributed by atoms with Crippen molar-refractivity contribution < 1.29 is 17.6 Å². The van der Waals surface area contributed by atoms with Gasteiger partial charge in [-0.15, -0.1) is 0 Å². The standard InChI is InChI=1S/2C7H6F2.3C2H6/c1-5-4-6(8)2-3-7(5)9;1-5-3-2-4-6(8)7(5)9;3*1-2/h2*2-4H,1H3;3*1-2H3. The highest BCUT2D eigenvalue weighted by Gasteiger charge is 2.00. The summed E-state index contributed by atoms with van der Waals surface area (Å²) in [7, 11) is 0. The van der Waals surface area contributed by atoms with Crippen LogP contribution in [0.25, 0.3) is 0 Å². The first kappa shape index (κ1) is 27.0. The van der Waals surface area contributed by atoms with Crippen LogP contribution in [-0.4, -0.2) is 0 Å². The molecular weight excluding hydrogens is 316 g/mol. The lowest BCUT2D eigenvalue weighted by molar-refractivity contribution is 0.503. The molecule has 0 N–H and O–H groups in total. The van der Waals surface area contributed by atoms with Crippen molar-refractivity contribution in [1.29, 1.82) is 0 Å². The summed E-state index contributed by atoms with van der Waals surface area (Å²) < 4.78 is 49.1. The Morgan fingerprint density at radius 2 is 1.08 bits per heavy atom. The average Bonchev–Trinajstić information content (AvgIpc) is 2.62. The summed E-state index contributed by atoms with van der Waals surface area (Å²) in [5.41, 5.74) is 0.685. The highest BCUT2D eigenvalue weighted by atomic mass is 19.2. The van der Waals surface area contributed by atoms with Crippen molar-refractivity contribution >= 4 is 0 Å². The fourth-order valence-corrected chi connectivity index (χ4v) is 1.22. The van der Waals surface area contributed by atoms with E-state index in [1.54, 1.807) is 0 Å². The van der Waals surface area contributed by atoms with Crippen LogP contribution < -0.4 is 0 Å². The summed E-state index contributed by atoms with van der Waals surface area (Å²) in [4.78, 5) is 0. The Morgan fingerprint density at radius 3 is 1.42 bits per heavy atom. The zero-order chi connectivity index (χ0) is 19.7. The molecule has 2 aromatic rings. The van der Waals surface area contributed by atoms with E-state index in [0.717, 1.165) is 24.3 Å². The van der Waals surface area contributed by atoms with Crippen LogP contribution in [0.15, 0.2) is 36.4 Å². The molecule has 0 nitrogen and oxygen atoms in total. The minimum atomic E-state index is -0.782. The lowest BCUT2D eigenvalue weighted by Crippen LogP contribution is -1.85. The van der Waals surface area contributed by atoms with Gasteiger partial charge in [-0.05, 0) is 49.2 Å². The van der Waals surface area contributed by atoms with Crippen LogP contribution in [0.2, 0.25) is 0 Å². The molecule has 0 amide bonds. The largest absolute Gasteiger partial charge is 0.207 e. The van der Waals surface area contributed by atoms with Crippen molar-refractivity contribution in [3.8, 4) is 0 Å². The summed E-state index contributed by atoms with van der Waals surface area (Å²) >= 11 is 0. The van der Waals surface area contributed by atoms with Gasteiger partial charge in [-0.25, -0.2) is 17.6 Å². The third-order valence-corrected chi connectivity index (χ3v) is 2.26. The Bertz CT molecular complexity index is 517. The minimum Gasteiger partial charge on any atom is -0.207 e. The van der Waals surface area contributed by atoms with Crippen molar-refractivity contribution in [3.05, 3.63) is 70.8 Å². The van der Waals surface area contributed by atoms with E-state index in [9.17, 15) is 17.6 Å². The molecule has 0 radical (unpaired) electrons. The first-order valence-corrected chi connectivity index (χ1v) is 8.24. The normalized spacial score (nSPS) is 8.00. The SMILES string of the molecule is CC.CC.CC.Cc1cc(F)ccc1F.Cc1cccc(F)c1F. The van der Waals surface area contributed by atoms with Gasteiger partial charge in [-0.2, -0.15) is 0 Å². The Hall–Kier alpha value is -1.84. The third kappa shape index (κ3) is 11.7. The average molecular weight is 346 g/mol. The molecule has 0 aromatic heterocycles. The summed E-state index contributed by atoms with van der Waals surface area (Å²) in [6.45, 7) is 15.1. The molecule has 0 atom stereocenters. The molecule has 0 aliphatic heterocycles. The molecular formula is C20H30F4. The summed E-state index contributed by atoms with van der Waals surface area (Å²) in [6.07, 6.45) is 0. The Balaban J connectivity index is -0.000000281. The summed E-state index contributed by atoms with van der Waals surface area (Å²) in [5.74, 6) is -2.29. The van der Waals surface area contributed by atoms with Gasteiger partial charge in [0.05, 0.1) is 0 Å². The summed E-state index contributed by atoms with van der Waals surface area (Å²) in [5, 5.41) is 0. The molecule has 0 bridgehead atoms. The first-order valence-electron chi connectivity index (χ1n) is 8.24. The van der Waals surface area contributed by atoms with Crippen LogP contribution in [0.5, 0.6) is 0 Å². The van der Waals surface area contributed by atoms with Gasteiger partial charge >= 0.3 is 0 Å². The van der Waals surface area contributed by atoms with Gasteiger partial charge in [0.2, 0.25) is 0 Å². The highest BCUT2D eigenvalue weighted by molar-refractivity contribution is 5.17. The van der Waals surface area contributed by atoms with Crippen molar-refractivity contribution in [2.75, 3.05) is 0 Å². The second-order valence-electron chi connectivity index (χ2n) is 3.76. The van der Waals surface area contributed by atoms with Crippen LogP contribution in [-0.2, 0) is 0 Å². The van der Waals surface area contributed by atoms with Gasteiger partial charge in [-0.1, -0.05) is 53.7 Å². The Kier molecular flexibility index (Phi) is 19.7. The lowest BCUT2D eigenvalue weighted by Gasteiger charge is -1.93. The van der Waals surface area contributed by atoms with Gasteiger partial charge in [0.25, 0.3) is 0 Å². The smallest absolute Gasteiger partial charge is 0.161 e. The molecule has 0 saturated heterocycles. The second-order valence-corrected chi connectivity index (χ2v) is 3.76. The number of halogens is 4. The van der Waals surface area contributed by atoms with Crippen molar-refractivity contribution in [1.82, 2.24) is 0 Å². The maximum atomic E-state index is 12.4. The van der Waals surface area contributed by atoms with E-state index in [2.05, 4.69) is 0 Å². The van der Waals surface area contributed by atoms with Gasteiger partial charge in [0, 0.05) is 0 Å². The number of benzene rings is 2. The van der Waals surface area contributed by atoms with E-state index >= 15 is 0 Å². The van der Waals surface area contributed by atoms with Gasteiger partial charge < -0.3 is 0 Å². The van der Waals surface area contributed by atoms with Crippen LogP contribution in [0.3, 0.4) is 0 Å². The van der Waals surface area contributed by atoms with Crippen LogP contribution in [0, 0.1) is 37.1 Å². The van der Waals surface area contributed by atoms with Gasteiger partial charge in [0.1, 0.15) is 11.6 Å². The molecule has 2 rings (SSSR count). The number of aryl methyl sites for hydroxylation is 2. The molecule has 0 aliphatic rings. The molecule has 0 aliphatic carbocycles. The van der Waals surface area contributed by atoms with E-state index in [-0.39, 0.29) is 5.82 Å². The zero-order valence-electron chi connectivity index (χ0n) is 16.0. The molecule has 0 heterocycles. The predicted molar refractivity (Wildman–Crippen MR) is 96.2 cm³/mol. The second kappa shape index (κ2) is 17.5. The van der Waals surface area contributed by atoms with Crippen molar-refractivity contribution in [3.63, 3.8) is 0 Å². The van der Waals surface area contributed by atoms with Crippen molar-refractivity contribution in [2.24, 2.45) is 0 Å². The number of hydrogen-bond donors (Lipinski definition) is 0. The minimum absolute atomic E-state index is 0.343. The van der Waals surface area contributed by atoms with E-state index in [1.165, 1.54) is 26.0 Å². The zero-order valence-corrected chi connectivity index (χ0v) is 16.0. The van der Waals surface area contributed by atoms with E-state index in [0.29, 0.717) is 11.1 Å². The third-order valence-electron chi connectivity index (χ3n) is 2.26. The Morgan fingerprint density at radius 1 is 0.583 bits per heavy atom. The number of hydrogen-bond acceptors (Lipinski definition) is 0. The fourth-order valence-electron chi connectivity index (χ4n) is 1.22. The van der Waals surface area contributed by atoms with E-state index < -0.39 is 17.5 Å². The Labute approximate surface area is 144 Å². The fraction of sp³-hybridized carbons (Fsp3) is 0.400. The molecule has 0 unspecified atom stereocenters. The molecule has 4 heteroatoms. The van der Waals surface area contributed by atoms with Crippen LogP contribution in [0.1, 0.15) is 52.7 Å². The molecule has 138 valence electrons. The van der Waals surface area contributed by atoms with Crippen LogP contribution >= 0.6 is 0 Å². The van der Waals surface area contributed by atoms with Crippen molar-refractivity contribution in [2.45, 2.75) is 55.4 Å². The molecule has 24 heavy (non-hydrogen) atoms. The topological polar surface area (TPSA) is 0 Å². The van der Waals surface area contributed by atoms with Crippen LogP contribution in [0.4, 0.5) is 17.6 Å². The molecule has 0 fully saturated rings. The number of rotatable bonds is 0. The molecule has 2 aromatic carbocycles. The predicted octanol–water partition coefficient (Wildman–Crippen LogP) is 7.63. The van der Waals surface area contributed by atoms with Gasteiger partial charge in [0.15, 0.2) is 11.6 Å². The lowest BCUT2D eigenvalue weighted by atomic mass is 10.2. The maximum absolute atomic E-state index is 12.4.